The number of hydrogen-bond acceptors (Lipinski definition) is 7. The van der Waals surface area contributed by atoms with Gasteiger partial charge in [-0.05, 0) is 30.4 Å². The molecule has 2 aromatic rings. The van der Waals surface area contributed by atoms with E-state index < -0.39 is 0 Å². The Morgan fingerprint density at radius 1 is 1.24 bits per heavy atom. The van der Waals surface area contributed by atoms with Crippen molar-refractivity contribution >= 4 is 28.2 Å². The summed E-state index contributed by atoms with van der Waals surface area (Å²) in [6.45, 7) is 4.00. The maximum Gasteiger partial charge on any atom is 0.205 e. The number of hydrogen-bond donors (Lipinski definition) is 1. The lowest BCUT2D eigenvalue weighted by molar-refractivity contribution is 0.171. The summed E-state index contributed by atoms with van der Waals surface area (Å²) in [7, 11) is 0. The van der Waals surface area contributed by atoms with Gasteiger partial charge >= 0.3 is 0 Å². The quantitative estimate of drug-likeness (QED) is 0.853. The van der Waals surface area contributed by atoms with E-state index in [1.54, 1.807) is 23.1 Å². The van der Waals surface area contributed by atoms with Crippen molar-refractivity contribution < 1.29 is 9.47 Å². The number of nitrogens with one attached hydrogen (secondary N) is 1. The number of nitrogens with zero attached hydrogens (tertiary/aromatic N) is 2. The minimum atomic E-state index is 0.606. The van der Waals surface area contributed by atoms with Crippen molar-refractivity contribution in [1.82, 2.24) is 10.2 Å². The SMILES string of the molecule is CCc1nnc(NCc2cc3c(cc2SC)OCCO3)s1. The molecule has 0 spiro atoms. The fourth-order valence-electron chi connectivity index (χ4n) is 2.08. The molecule has 0 saturated heterocycles. The summed E-state index contributed by atoms with van der Waals surface area (Å²) < 4.78 is 11.3. The minimum absolute atomic E-state index is 0.606. The van der Waals surface area contributed by atoms with Gasteiger partial charge in [0.1, 0.15) is 18.2 Å². The summed E-state index contributed by atoms with van der Waals surface area (Å²) in [5.74, 6) is 1.65. The Labute approximate surface area is 132 Å². The summed E-state index contributed by atoms with van der Waals surface area (Å²) in [5.41, 5.74) is 1.18. The molecule has 1 aliphatic rings. The summed E-state index contributed by atoms with van der Waals surface area (Å²) in [4.78, 5) is 1.19. The number of aromatic nitrogens is 2. The van der Waals surface area contributed by atoms with Crippen LogP contribution in [0.1, 0.15) is 17.5 Å². The second kappa shape index (κ2) is 6.53. The van der Waals surface area contributed by atoms with Crippen LogP contribution in [-0.4, -0.2) is 29.7 Å². The van der Waals surface area contributed by atoms with Crippen LogP contribution in [0.3, 0.4) is 0 Å². The van der Waals surface area contributed by atoms with Gasteiger partial charge in [-0.25, -0.2) is 0 Å². The van der Waals surface area contributed by atoms with E-state index in [-0.39, 0.29) is 0 Å². The van der Waals surface area contributed by atoms with Crippen LogP contribution in [0.2, 0.25) is 0 Å². The standard InChI is InChI=1S/C14H17N3O2S2/c1-3-13-16-17-14(21-13)15-8-9-6-10-11(7-12(9)20-2)19-5-4-18-10/h6-7H,3-5,8H2,1-2H3,(H,15,17). The van der Waals surface area contributed by atoms with Crippen LogP contribution in [0.15, 0.2) is 17.0 Å². The molecule has 0 amide bonds. The Bertz CT molecular complexity index is 631. The number of rotatable bonds is 5. The van der Waals surface area contributed by atoms with Gasteiger partial charge in [0.25, 0.3) is 0 Å². The molecule has 21 heavy (non-hydrogen) atoms. The third kappa shape index (κ3) is 3.24. The predicted octanol–water partition coefficient (Wildman–Crippen LogP) is 3.21. The highest BCUT2D eigenvalue weighted by Crippen LogP contribution is 2.36. The van der Waals surface area contributed by atoms with Crippen LogP contribution < -0.4 is 14.8 Å². The fourth-order valence-corrected chi connectivity index (χ4v) is 3.37. The smallest absolute Gasteiger partial charge is 0.205 e. The topological polar surface area (TPSA) is 56.3 Å². The lowest BCUT2D eigenvalue weighted by Gasteiger charge is -2.20. The first-order valence-electron chi connectivity index (χ1n) is 6.83. The summed E-state index contributed by atoms with van der Waals surface area (Å²) in [5, 5.41) is 13.5. The van der Waals surface area contributed by atoms with E-state index in [4.69, 9.17) is 9.47 Å². The lowest BCUT2D eigenvalue weighted by Crippen LogP contribution is -2.16. The molecule has 1 aromatic heterocycles. The largest absolute Gasteiger partial charge is 0.486 e. The average Bonchev–Trinajstić information content (AvgIpc) is 3.00. The Morgan fingerprint density at radius 2 is 2.00 bits per heavy atom. The van der Waals surface area contributed by atoms with Gasteiger partial charge in [0.2, 0.25) is 5.13 Å². The maximum absolute atomic E-state index is 5.65. The summed E-state index contributed by atoms with van der Waals surface area (Å²) in [6.07, 6.45) is 2.98. The zero-order valence-corrected chi connectivity index (χ0v) is 13.6. The Balaban J connectivity index is 1.77. The van der Waals surface area contributed by atoms with Crippen LogP contribution in [0, 0.1) is 0 Å². The molecule has 1 N–H and O–H groups in total. The van der Waals surface area contributed by atoms with Gasteiger partial charge in [-0.15, -0.1) is 22.0 Å². The van der Waals surface area contributed by atoms with Crippen molar-refractivity contribution in [3.63, 3.8) is 0 Å². The molecule has 1 aliphatic heterocycles. The van der Waals surface area contributed by atoms with Gasteiger partial charge in [0.05, 0.1) is 0 Å². The first kappa shape index (κ1) is 14.5. The van der Waals surface area contributed by atoms with Crippen molar-refractivity contribution in [2.75, 3.05) is 24.8 Å². The molecule has 5 nitrogen and oxygen atoms in total. The van der Waals surface area contributed by atoms with E-state index in [0.717, 1.165) is 28.1 Å². The molecular formula is C14H17N3O2S2. The average molecular weight is 323 g/mol. The molecule has 0 bridgehead atoms. The zero-order chi connectivity index (χ0) is 14.7. The first-order chi connectivity index (χ1) is 10.3. The Hall–Kier alpha value is -1.47. The summed E-state index contributed by atoms with van der Waals surface area (Å²) >= 11 is 3.30. The normalized spacial score (nSPS) is 13.2. The monoisotopic (exact) mass is 323 g/mol. The maximum atomic E-state index is 5.65. The molecule has 0 aliphatic carbocycles. The molecule has 0 saturated carbocycles. The van der Waals surface area contributed by atoms with E-state index >= 15 is 0 Å². The van der Waals surface area contributed by atoms with Crippen LogP contribution in [0.25, 0.3) is 0 Å². The number of benzene rings is 1. The number of anilines is 1. The minimum Gasteiger partial charge on any atom is -0.486 e. The molecule has 0 radical (unpaired) electrons. The van der Waals surface area contributed by atoms with Gasteiger partial charge in [0, 0.05) is 11.4 Å². The van der Waals surface area contributed by atoms with Gasteiger partial charge in [-0.3, -0.25) is 0 Å². The van der Waals surface area contributed by atoms with E-state index in [1.807, 2.05) is 6.07 Å². The predicted molar refractivity (Wildman–Crippen MR) is 85.8 cm³/mol. The Morgan fingerprint density at radius 3 is 2.67 bits per heavy atom. The van der Waals surface area contributed by atoms with Gasteiger partial charge in [0.15, 0.2) is 11.5 Å². The third-order valence-corrected chi connectivity index (χ3v) is 4.99. The highest BCUT2D eigenvalue weighted by Gasteiger charge is 2.15. The van der Waals surface area contributed by atoms with Crippen molar-refractivity contribution in [2.24, 2.45) is 0 Å². The third-order valence-electron chi connectivity index (χ3n) is 3.14. The second-order valence-electron chi connectivity index (χ2n) is 4.52. The second-order valence-corrected chi connectivity index (χ2v) is 6.43. The molecule has 0 unspecified atom stereocenters. The highest BCUT2D eigenvalue weighted by atomic mass is 32.2. The van der Waals surface area contributed by atoms with Crippen molar-refractivity contribution in [3.8, 4) is 11.5 Å². The van der Waals surface area contributed by atoms with Crippen molar-refractivity contribution in [2.45, 2.75) is 24.8 Å². The van der Waals surface area contributed by atoms with Crippen molar-refractivity contribution in [3.05, 3.63) is 22.7 Å². The molecule has 3 rings (SSSR count). The number of fused-ring (bicyclic) bond motifs is 1. The molecule has 1 aromatic carbocycles. The fraction of sp³-hybridized carbons (Fsp3) is 0.429. The number of ether oxygens (including phenoxy) is 2. The molecule has 7 heteroatoms. The summed E-state index contributed by atoms with van der Waals surface area (Å²) in [6, 6.07) is 4.10. The number of aryl methyl sites for hydroxylation is 1. The van der Waals surface area contributed by atoms with Gasteiger partial charge in [-0.2, -0.15) is 0 Å². The van der Waals surface area contributed by atoms with E-state index in [2.05, 4.69) is 34.8 Å². The van der Waals surface area contributed by atoms with E-state index in [9.17, 15) is 0 Å². The van der Waals surface area contributed by atoms with E-state index in [1.165, 1.54) is 10.5 Å². The first-order valence-corrected chi connectivity index (χ1v) is 8.87. The van der Waals surface area contributed by atoms with Crippen LogP contribution in [-0.2, 0) is 13.0 Å². The van der Waals surface area contributed by atoms with Crippen LogP contribution in [0.4, 0.5) is 5.13 Å². The lowest BCUT2D eigenvalue weighted by atomic mass is 10.2. The molecule has 2 heterocycles. The van der Waals surface area contributed by atoms with Gasteiger partial charge < -0.3 is 14.8 Å². The number of thioether (sulfide) groups is 1. The van der Waals surface area contributed by atoms with Gasteiger partial charge in [-0.1, -0.05) is 18.3 Å². The Kier molecular flexibility index (Phi) is 4.50. The van der Waals surface area contributed by atoms with E-state index in [0.29, 0.717) is 19.8 Å². The molecule has 0 fully saturated rings. The molecular weight excluding hydrogens is 306 g/mol. The zero-order valence-electron chi connectivity index (χ0n) is 12.0. The highest BCUT2D eigenvalue weighted by molar-refractivity contribution is 7.98. The van der Waals surface area contributed by atoms with Crippen LogP contribution >= 0.6 is 23.1 Å². The van der Waals surface area contributed by atoms with Crippen LogP contribution in [0.5, 0.6) is 11.5 Å². The van der Waals surface area contributed by atoms with Crippen molar-refractivity contribution in [1.29, 1.82) is 0 Å². The molecule has 112 valence electrons. The molecule has 0 atom stereocenters.